The molecule has 0 aromatic heterocycles. The highest BCUT2D eigenvalue weighted by atomic mass is 127. The van der Waals surface area contributed by atoms with Crippen LogP contribution in [0.5, 0.6) is 5.75 Å². The Morgan fingerprint density at radius 3 is 2.64 bits per heavy atom. The molecule has 4 nitrogen and oxygen atoms in total. The first-order chi connectivity index (χ1) is 10.4. The number of hydrogen-bond donors (Lipinski definition) is 0. The summed E-state index contributed by atoms with van der Waals surface area (Å²) in [6.07, 6.45) is 0.0470. The lowest BCUT2D eigenvalue weighted by Gasteiger charge is -2.43. The third-order valence-corrected chi connectivity index (χ3v) is 4.93. The molecule has 1 aromatic rings. The van der Waals surface area contributed by atoms with Crippen molar-refractivity contribution in [2.24, 2.45) is 11.8 Å². The molecule has 1 heterocycles. The maximum atomic E-state index is 11.4. The highest BCUT2D eigenvalue weighted by Crippen LogP contribution is 2.35. The SMILES string of the molecule is CCC1O[C@H](Oc2cccc(I)c2)C(OC(C)=O)[C@@H](C)[C@@H]1C. The summed E-state index contributed by atoms with van der Waals surface area (Å²) in [4.78, 5) is 11.4. The third-order valence-electron chi connectivity index (χ3n) is 4.26. The van der Waals surface area contributed by atoms with Crippen molar-refractivity contribution < 1.29 is 19.0 Å². The highest BCUT2D eigenvalue weighted by Gasteiger charge is 2.44. The molecule has 1 aliphatic heterocycles. The average Bonchev–Trinajstić information content (AvgIpc) is 2.46. The van der Waals surface area contributed by atoms with Crippen LogP contribution in [-0.2, 0) is 14.3 Å². The standard InChI is InChI=1S/C17H23IO4/c1-5-15-10(2)11(3)16(20-12(4)19)17(22-15)21-14-8-6-7-13(18)9-14/h6-11,15-17H,5H2,1-4H3/t10-,11-,15?,16?,17-/m0/s1. The van der Waals surface area contributed by atoms with Gasteiger partial charge >= 0.3 is 5.97 Å². The fraction of sp³-hybridized carbons (Fsp3) is 0.588. The second-order valence-electron chi connectivity index (χ2n) is 5.82. The Balaban J connectivity index is 2.21. The summed E-state index contributed by atoms with van der Waals surface area (Å²) in [5.74, 6) is 0.907. The minimum Gasteiger partial charge on any atom is -0.461 e. The summed E-state index contributed by atoms with van der Waals surface area (Å²) < 4.78 is 18.6. The molecule has 0 spiro atoms. The minimum absolute atomic E-state index is 0.106. The molecule has 5 atom stereocenters. The molecule has 1 fully saturated rings. The molecule has 1 aromatic carbocycles. The Labute approximate surface area is 145 Å². The number of ether oxygens (including phenoxy) is 3. The van der Waals surface area contributed by atoms with Crippen LogP contribution in [0.25, 0.3) is 0 Å². The van der Waals surface area contributed by atoms with Crippen LogP contribution in [0.15, 0.2) is 24.3 Å². The summed E-state index contributed by atoms with van der Waals surface area (Å²) in [7, 11) is 0. The van der Waals surface area contributed by atoms with Crippen LogP contribution in [0.2, 0.25) is 0 Å². The molecule has 0 radical (unpaired) electrons. The van der Waals surface area contributed by atoms with Gasteiger partial charge in [0.15, 0.2) is 6.10 Å². The van der Waals surface area contributed by atoms with Gasteiger partial charge in [0.05, 0.1) is 6.10 Å². The lowest BCUT2D eigenvalue weighted by Crippen LogP contribution is -2.53. The van der Waals surface area contributed by atoms with Gasteiger partial charge in [-0.1, -0.05) is 26.8 Å². The summed E-state index contributed by atoms with van der Waals surface area (Å²) in [5.41, 5.74) is 0. The molecule has 122 valence electrons. The van der Waals surface area contributed by atoms with Crippen molar-refractivity contribution >= 4 is 28.6 Å². The Hall–Kier alpha value is -0.820. The molecular weight excluding hydrogens is 395 g/mol. The zero-order valence-electron chi connectivity index (χ0n) is 13.4. The minimum atomic E-state index is -0.571. The quantitative estimate of drug-likeness (QED) is 0.548. The number of rotatable bonds is 4. The van der Waals surface area contributed by atoms with Crippen LogP contribution in [0.3, 0.4) is 0 Å². The van der Waals surface area contributed by atoms with Crippen LogP contribution in [-0.4, -0.2) is 24.5 Å². The molecule has 0 N–H and O–H groups in total. The van der Waals surface area contributed by atoms with Gasteiger partial charge in [-0.05, 0) is 53.1 Å². The molecule has 1 aliphatic rings. The summed E-state index contributed by atoms with van der Waals surface area (Å²) >= 11 is 2.24. The summed E-state index contributed by atoms with van der Waals surface area (Å²) in [5, 5.41) is 0. The Bertz CT molecular complexity index is 519. The predicted molar refractivity (Wildman–Crippen MR) is 92.6 cm³/mol. The second kappa shape index (κ2) is 7.64. The first-order valence-corrected chi connectivity index (χ1v) is 8.75. The van der Waals surface area contributed by atoms with Crippen molar-refractivity contribution in [1.82, 2.24) is 0 Å². The van der Waals surface area contributed by atoms with E-state index in [4.69, 9.17) is 14.2 Å². The predicted octanol–water partition coefficient (Wildman–Crippen LogP) is 4.01. The summed E-state index contributed by atoms with van der Waals surface area (Å²) in [6, 6.07) is 7.76. The number of hydrogen-bond acceptors (Lipinski definition) is 4. The van der Waals surface area contributed by atoms with Crippen LogP contribution in [0, 0.1) is 15.4 Å². The maximum absolute atomic E-state index is 11.4. The normalized spacial score (nSPS) is 31.6. The second-order valence-corrected chi connectivity index (χ2v) is 7.06. The molecule has 2 rings (SSSR count). The molecular formula is C17H23IO4. The van der Waals surface area contributed by atoms with E-state index in [0.717, 1.165) is 15.7 Å². The smallest absolute Gasteiger partial charge is 0.303 e. The lowest BCUT2D eigenvalue weighted by atomic mass is 9.82. The molecule has 22 heavy (non-hydrogen) atoms. The van der Waals surface area contributed by atoms with Crippen LogP contribution < -0.4 is 4.74 Å². The monoisotopic (exact) mass is 418 g/mol. The molecule has 0 saturated carbocycles. The van der Waals surface area contributed by atoms with Gasteiger partial charge in [-0.25, -0.2) is 0 Å². The Kier molecular flexibility index (Phi) is 6.09. The van der Waals surface area contributed by atoms with E-state index >= 15 is 0 Å². The van der Waals surface area contributed by atoms with Crippen LogP contribution >= 0.6 is 22.6 Å². The van der Waals surface area contributed by atoms with Crippen molar-refractivity contribution in [3.63, 3.8) is 0 Å². The zero-order chi connectivity index (χ0) is 16.3. The van der Waals surface area contributed by atoms with E-state index in [9.17, 15) is 4.79 Å². The maximum Gasteiger partial charge on any atom is 0.303 e. The van der Waals surface area contributed by atoms with E-state index in [1.165, 1.54) is 6.92 Å². The van der Waals surface area contributed by atoms with E-state index in [-0.39, 0.29) is 18.0 Å². The Morgan fingerprint density at radius 1 is 1.32 bits per heavy atom. The number of carbonyl (C=O) groups is 1. The molecule has 1 saturated heterocycles. The van der Waals surface area contributed by atoms with E-state index in [2.05, 4.69) is 43.4 Å². The highest BCUT2D eigenvalue weighted by molar-refractivity contribution is 14.1. The fourth-order valence-corrected chi connectivity index (χ4v) is 3.37. The largest absolute Gasteiger partial charge is 0.461 e. The van der Waals surface area contributed by atoms with Gasteiger partial charge in [0, 0.05) is 16.4 Å². The number of halogens is 1. The molecule has 0 aliphatic carbocycles. The Morgan fingerprint density at radius 2 is 2.05 bits per heavy atom. The lowest BCUT2D eigenvalue weighted by molar-refractivity contribution is -0.246. The number of carbonyl (C=O) groups excluding carboxylic acids is 1. The summed E-state index contributed by atoms with van der Waals surface area (Å²) in [6.45, 7) is 7.75. The first-order valence-electron chi connectivity index (χ1n) is 7.67. The van der Waals surface area contributed by atoms with Crippen molar-refractivity contribution in [1.29, 1.82) is 0 Å². The fourth-order valence-electron chi connectivity index (χ4n) is 2.85. The van der Waals surface area contributed by atoms with Crippen molar-refractivity contribution in [2.75, 3.05) is 0 Å². The van der Waals surface area contributed by atoms with E-state index in [1.807, 2.05) is 24.3 Å². The topological polar surface area (TPSA) is 44.8 Å². The zero-order valence-corrected chi connectivity index (χ0v) is 15.6. The van der Waals surface area contributed by atoms with Gasteiger partial charge in [-0.3, -0.25) is 4.79 Å². The van der Waals surface area contributed by atoms with Gasteiger partial charge in [-0.15, -0.1) is 0 Å². The average molecular weight is 418 g/mol. The van der Waals surface area contributed by atoms with Gasteiger partial charge in [0.25, 0.3) is 0 Å². The van der Waals surface area contributed by atoms with Crippen molar-refractivity contribution in [2.45, 2.75) is 52.6 Å². The van der Waals surface area contributed by atoms with Gasteiger partial charge in [0.1, 0.15) is 5.75 Å². The van der Waals surface area contributed by atoms with E-state index < -0.39 is 12.4 Å². The molecule has 2 unspecified atom stereocenters. The van der Waals surface area contributed by atoms with E-state index in [1.54, 1.807) is 0 Å². The van der Waals surface area contributed by atoms with Crippen LogP contribution in [0.4, 0.5) is 0 Å². The van der Waals surface area contributed by atoms with Crippen LogP contribution in [0.1, 0.15) is 34.1 Å². The van der Waals surface area contributed by atoms with Crippen molar-refractivity contribution in [3.8, 4) is 5.75 Å². The van der Waals surface area contributed by atoms with Gasteiger partial charge in [-0.2, -0.15) is 0 Å². The first kappa shape index (κ1) is 17.5. The number of benzene rings is 1. The molecule has 5 heteroatoms. The van der Waals surface area contributed by atoms with E-state index in [0.29, 0.717) is 5.92 Å². The van der Waals surface area contributed by atoms with Gasteiger partial charge < -0.3 is 14.2 Å². The molecule has 0 amide bonds. The molecule has 0 bridgehead atoms. The third kappa shape index (κ3) is 4.13. The number of esters is 1. The van der Waals surface area contributed by atoms with Gasteiger partial charge in [0.2, 0.25) is 6.29 Å². The van der Waals surface area contributed by atoms with Crippen molar-refractivity contribution in [3.05, 3.63) is 27.8 Å².